The first-order chi connectivity index (χ1) is 12.6. The lowest BCUT2D eigenvalue weighted by Crippen LogP contribution is -2.47. The van der Waals surface area contributed by atoms with Gasteiger partial charge in [-0.2, -0.15) is 0 Å². The van der Waals surface area contributed by atoms with Crippen LogP contribution >= 0.6 is 0 Å². The van der Waals surface area contributed by atoms with E-state index in [1.165, 1.54) is 0 Å². The fraction of sp³-hybridized carbons (Fsp3) is 0.550. The van der Waals surface area contributed by atoms with Crippen LogP contribution in [-0.4, -0.2) is 58.7 Å². The molecule has 2 saturated heterocycles. The molecule has 0 radical (unpaired) electrons. The van der Waals surface area contributed by atoms with E-state index in [-0.39, 0.29) is 11.5 Å². The third kappa shape index (κ3) is 3.31. The zero-order chi connectivity index (χ0) is 18.1. The molecule has 4 heterocycles. The number of aromatic nitrogens is 1. The second-order valence-electron chi connectivity index (χ2n) is 7.64. The Morgan fingerprint density at radius 1 is 1.31 bits per heavy atom. The predicted octanol–water partition coefficient (Wildman–Crippen LogP) is 2.51. The highest BCUT2D eigenvalue weighted by atomic mass is 16.5. The molecule has 0 bridgehead atoms. The van der Waals surface area contributed by atoms with Crippen molar-refractivity contribution in [2.75, 3.05) is 26.7 Å². The summed E-state index contributed by atoms with van der Waals surface area (Å²) in [6, 6.07) is 8.14. The number of hydrogen-bond donors (Lipinski definition) is 0. The van der Waals surface area contributed by atoms with Gasteiger partial charge in [0.25, 0.3) is 5.91 Å². The van der Waals surface area contributed by atoms with Gasteiger partial charge in [0, 0.05) is 32.4 Å². The molecule has 6 heteroatoms. The van der Waals surface area contributed by atoms with Gasteiger partial charge in [-0.1, -0.05) is 0 Å². The lowest BCUT2D eigenvalue weighted by atomic mass is 9.87. The molecule has 26 heavy (non-hydrogen) atoms. The van der Waals surface area contributed by atoms with E-state index in [2.05, 4.69) is 11.9 Å². The van der Waals surface area contributed by atoms with Crippen LogP contribution in [0.25, 0.3) is 0 Å². The molecule has 2 aromatic heterocycles. The molecule has 1 amide bonds. The number of carbonyl (C=O) groups excluding carboxylic acids is 1. The van der Waals surface area contributed by atoms with Crippen LogP contribution < -0.4 is 0 Å². The van der Waals surface area contributed by atoms with E-state index in [4.69, 9.17) is 9.15 Å². The SMILES string of the molecule is CN(Cc1ccco1)C1COC2(CCN(C(=O)c3cccn3C)CC2)C1. The number of likely N-dealkylation sites (tertiary alicyclic amines) is 1. The van der Waals surface area contributed by atoms with Crippen molar-refractivity contribution in [3.05, 3.63) is 48.2 Å². The molecule has 0 saturated carbocycles. The van der Waals surface area contributed by atoms with E-state index < -0.39 is 0 Å². The monoisotopic (exact) mass is 357 g/mol. The molecule has 2 aliphatic rings. The van der Waals surface area contributed by atoms with Crippen LogP contribution in [0, 0.1) is 0 Å². The average molecular weight is 357 g/mol. The second-order valence-corrected chi connectivity index (χ2v) is 7.64. The Labute approximate surface area is 154 Å². The van der Waals surface area contributed by atoms with Gasteiger partial charge in [0.1, 0.15) is 11.5 Å². The molecule has 140 valence electrons. The minimum absolute atomic E-state index is 0.0763. The molecular formula is C20H27N3O3. The largest absolute Gasteiger partial charge is 0.468 e. The van der Waals surface area contributed by atoms with Crippen molar-refractivity contribution in [2.24, 2.45) is 7.05 Å². The Morgan fingerprint density at radius 2 is 2.12 bits per heavy atom. The standard InChI is InChI=1S/C20H27N3O3/c1-21-9-3-6-18(21)19(24)23-10-7-20(8-11-23)13-16(15-26-20)22(2)14-17-5-4-12-25-17/h3-6,9,12,16H,7-8,10-11,13-15H2,1-2H3. The quantitative estimate of drug-likeness (QED) is 0.844. The first-order valence-corrected chi connectivity index (χ1v) is 9.33. The highest BCUT2D eigenvalue weighted by molar-refractivity contribution is 5.92. The van der Waals surface area contributed by atoms with Crippen molar-refractivity contribution in [2.45, 2.75) is 37.5 Å². The first-order valence-electron chi connectivity index (χ1n) is 9.33. The van der Waals surface area contributed by atoms with Crippen molar-refractivity contribution in [1.29, 1.82) is 0 Å². The second kappa shape index (κ2) is 6.93. The maximum absolute atomic E-state index is 12.7. The van der Waals surface area contributed by atoms with Crippen molar-refractivity contribution in [3.8, 4) is 0 Å². The third-order valence-corrected chi connectivity index (χ3v) is 5.92. The molecule has 1 atom stereocenters. The molecule has 4 rings (SSSR count). The highest BCUT2D eigenvalue weighted by Crippen LogP contribution is 2.38. The maximum Gasteiger partial charge on any atom is 0.270 e. The van der Waals surface area contributed by atoms with Crippen molar-refractivity contribution < 1.29 is 13.9 Å². The Morgan fingerprint density at radius 3 is 2.77 bits per heavy atom. The van der Waals surface area contributed by atoms with Gasteiger partial charge in [0.05, 0.1) is 25.0 Å². The Balaban J connectivity index is 1.33. The van der Waals surface area contributed by atoms with Gasteiger partial charge in [-0.3, -0.25) is 9.69 Å². The molecular weight excluding hydrogens is 330 g/mol. The Hall–Kier alpha value is -2.05. The van der Waals surface area contributed by atoms with Crippen LogP contribution in [0.1, 0.15) is 35.5 Å². The van der Waals surface area contributed by atoms with Crippen molar-refractivity contribution in [1.82, 2.24) is 14.4 Å². The molecule has 0 aliphatic carbocycles. The van der Waals surface area contributed by atoms with Gasteiger partial charge in [-0.25, -0.2) is 0 Å². The molecule has 6 nitrogen and oxygen atoms in total. The van der Waals surface area contributed by atoms with E-state index in [1.807, 2.05) is 47.0 Å². The topological polar surface area (TPSA) is 50.9 Å². The number of hydrogen-bond acceptors (Lipinski definition) is 4. The number of amides is 1. The summed E-state index contributed by atoms with van der Waals surface area (Å²) in [5.74, 6) is 1.10. The molecule has 0 N–H and O–H groups in total. The van der Waals surface area contributed by atoms with Crippen LogP contribution in [0.2, 0.25) is 0 Å². The van der Waals surface area contributed by atoms with E-state index >= 15 is 0 Å². The minimum atomic E-state index is -0.0763. The van der Waals surface area contributed by atoms with E-state index in [0.29, 0.717) is 6.04 Å². The summed E-state index contributed by atoms with van der Waals surface area (Å²) in [6.45, 7) is 3.08. The minimum Gasteiger partial charge on any atom is -0.468 e. The number of ether oxygens (including phenoxy) is 1. The number of likely N-dealkylation sites (N-methyl/N-ethyl adjacent to an activating group) is 1. The molecule has 0 aromatic carbocycles. The highest BCUT2D eigenvalue weighted by Gasteiger charge is 2.44. The summed E-state index contributed by atoms with van der Waals surface area (Å²) in [7, 11) is 4.04. The molecule has 2 fully saturated rings. The van der Waals surface area contributed by atoms with Crippen molar-refractivity contribution >= 4 is 5.91 Å². The zero-order valence-electron chi connectivity index (χ0n) is 15.6. The Kier molecular flexibility index (Phi) is 4.63. The third-order valence-electron chi connectivity index (χ3n) is 5.92. The number of aryl methyl sites for hydroxylation is 1. The van der Waals surface area contributed by atoms with Gasteiger partial charge >= 0.3 is 0 Å². The van der Waals surface area contributed by atoms with Crippen LogP contribution in [0.4, 0.5) is 0 Å². The van der Waals surface area contributed by atoms with Crippen LogP contribution in [0.15, 0.2) is 41.1 Å². The number of carbonyl (C=O) groups is 1. The lowest BCUT2D eigenvalue weighted by Gasteiger charge is -2.39. The summed E-state index contributed by atoms with van der Waals surface area (Å²) < 4.78 is 13.6. The van der Waals surface area contributed by atoms with E-state index in [1.54, 1.807) is 6.26 Å². The fourth-order valence-corrected chi connectivity index (χ4v) is 4.19. The van der Waals surface area contributed by atoms with Crippen LogP contribution in [0.5, 0.6) is 0 Å². The van der Waals surface area contributed by atoms with Crippen molar-refractivity contribution in [3.63, 3.8) is 0 Å². The molecule has 2 aromatic rings. The molecule has 1 spiro atoms. The van der Waals surface area contributed by atoms with Crippen LogP contribution in [-0.2, 0) is 18.3 Å². The summed E-state index contributed by atoms with van der Waals surface area (Å²) in [4.78, 5) is 17.0. The predicted molar refractivity (Wildman–Crippen MR) is 97.8 cm³/mol. The normalized spacial score (nSPS) is 22.4. The smallest absolute Gasteiger partial charge is 0.270 e. The summed E-state index contributed by atoms with van der Waals surface area (Å²) in [5.41, 5.74) is 0.678. The summed E-state index contributed by atoms with van der Waals surface area (Å²) >= 11 is 0. The first kappa shape index (κ1) is 17.4. The number of furan rings is 1. The van der Waals surface area contributed by atoms with Gasteiger partial charge in [-0.15, -0.1) is 0 Å². The van der Waals surface area contributed by atoms with Gasteiger partial charge < -0.3 is 18.6 Å². The zero-order valence-corrected chi connectivity index (χ0v) is 15.6. The number of nitrogens with zero attached hydrogens (tertiary/aromatic N) is 3. The summed E-state index contributed by atoms with van der Waals surface area (Å²) in [5, 5.41) is 0. The number of piperidine rings is 1. The van der Waals surface area contributed by atoms with Gasteiger partial charge in [0.2, 0.25) is 0 Å². The lowest BCUT2D eigenvalue weighted by molar-refractivity contribution is -0.0394. The van der Waals surface area contributed by atoms with E-state index in [0.717, 1.165) is 57.0 Å². The van der Waals surface area contributed by atoms with Gasteiger partial charge in [-0.05, 0) is 50.6 Å². The maximum atomic E-state index is 12.7. The number of rotatable bonds is 4. The fourth-order valence-electron chi connectivity index (χ4n) is 4.19. The summed E-state index contributed by atoms with van der Waals surface area (Å²) in [6.07, 6.45) is 6.48. The van der Waals surface area contributed by atoms with Crippen LogP contribution in [0.3, 0.4) is 0 Å². The average Bonchev–Trinajstić information content (AvgIpc) is 3.37. The van der Waals surface area contributed by atoms with E-state index in [9.17, 15) is 4.79 Å². The Bertz CT molecular complexity index is 744. The molecule has 2 aliphatic heterocycles. The van der Waals surface area contributed by atoms with Gasteiger partial charge in [0.15, 0.2) is 0 Å². The molecule has 1 unspecified atom stereocenters.